The van der Waals surface area contributed by atoms with Gasteiger partial charge in [0.15, 0.2) is 0 Å². The van der Waals surface area contributed by atoms with Gasteiger partial charge in [-0.3, -0.25) is 52.7 Å². The maximum atomic E-state index is 15.1. The fraction of sp³-hybridized carbons (Fsp3) is 0.671. The molecule has 2 aromatic heterocycles. The number of likely N-dealkylation sites (N-methyl/N-ethyl adjacent to an activating group) is 7. The molecule has 5 N–H and O–H groups in total. The quantitative estimate of drug-likeness (QED) is 0.0886. The van der Waals surface area contributed by atoms with Gasteiger partial charge >= 0.3 is 5.63 Å². The second-order valence-corrected chi connectivity index (χ2v) is 29.2. The fourth-order valence-electron chi connectivity index (χ4n) is 12.2. The Morgan fingerprint density at radius 1 is 0.495 bits per heavy atom. The van der Waals surface area contributed by atoms with E-state index in [9.17, 15) is 53.1 Å². The van der Waals surface area contributed by atoms with Crippen molar-refractivity contribution in [2.75, 3.05) is 55.9 Å². The van der Waals surface area contributed by atoms with Crippen molar-refractivity contribution in [3.8, 4) is 0 Å². The highest BCUT2D eigenvalue weighted by atomic mass is 16.4. The Morgan fingerprint density at radius 2 is 0.970 bits per heavy atom. The maximum Gasteiger partial charge on any atom is 0.336 e. The number of aliphatic hydroxyl groups excluding tert-OH is 1. The van der Waals surface area contributed by atoms with Crippen LogP contribution < -0.4 is 26.9 Å². The van der Waals surface area contributed by atoms with E-state index in [2.05, 4.69) is 21.3 Å². The Morgan fingerprint density at radius 3 is 1.48 bits per heavy atom. The van der Waals surface area contributed by atoms with E-state index in [0.29, 0.717) is 12.0 Å². The first-order valence-electron chi connectivity index (χ1n) is 34.8. The van der Waals surface area contributed by atoms with Crippen molar-refractivity contribution in [1.82, 2.24) is 55.6 Å². The number of amides is 11. The average molecular weight is 1390 g/mol. The number of fused-ring (bicyclic) bond motifs is 2. The monoisotopic (exact) mass is 1390 g/mol. The predicted molar refractivity (Wildman–Crippen MR) is 381 cm³/mol. The molecule has 3 aromatic rings. The van der Waals surface area contributed by atoms with Crippen LogP contribution in [0.4, 0.5) is 0 Å². The van der Waals surface area contributed by atoms with E-state index in [1.165, 1.54) is 93.7 Å². The van der Waals surface area contributed by atoms with E-state index in [1.54, 1.807) is 72.9 Å². The van der Waals surface area contributed by atoms with Crippen molar-refractivity contribution in [2.24, 2.45) is 41.4 Å². The van der Waals surface area contributed by atoms with E-state index >= 15 is 9.59 Å². The van der Waals surface area contributed by atoms with Gasteiger partial charge in [-0.15, -0.1) is 0 Å². The van der Waals surface area contributed by atoms with Crippen molar-refractivity contribution in [3.05, 3.63) is 59.2 Å². The number of benzene rings is 1. The molecular formula is C73H117N11O15. The number of hydrogen-bond acceptors (Lipinski definition) is 15. The van der Waals surface area contributed by atoms with Gasteiger partial charge in [0.2, 0.25) is 65.0 Å². The van der Waals surface area contributed by atoms with Gasteiger partial charge in [-0.05, 0) is 119 Å². The first-order valence-corrected chi connectivity index (χ1v) is 34.8. The molecule has 11 amide bonds. The third kappa shape index (κ3) is 23.2. The molecule has 26 heteroatoms. The molecule has 0 unspecified atom stereocenters. The molecule has 0 aliphatic carbocycles. The summed E-state index contributed by atoms with van der Waals surface area (Å²) >= 11 is 0. The van der Waals surface area contributed by atoms with Gasteiger partial charge in [0.25, 0.3) is 0 Å². The lowest BCUT2D eigenvalue weighted by Crippen LogP contribution is -2.63. The zero-order valence-electron chi connectivity index (χ0n) is 63.3. The first-order chi connectivity index (χ1) is 46.0. The molecular weight excluding hydrogens is 1270 g/mol. The molecule has 1 aromatic carbocycles. The summed E-state index contributed by atoms with van der Waals surface area (Å²) in [6.07, 6.45) is 4.66. The Kier molecular flexibility index (Phi) is 33.0. The van der Waals surface area contributed by atoms with E-state index in [4.69, 9.17) is 8.83 Å². The number of furan rings is 1. The lowest BCUT2D eigenvalue weighted by Gasteiger charge is -2.41. The van der Waals surface area contributed by atoms with E-state index < -0.39 is 156 Å². The van der Waals surface area contributed by atoms with E-state index in [-0.39, 0.29) is 61.4 Å². The van der Waals surface area contributed by atoms with Crippen LogP contribution in [0.25, 0.3) is 21.9 Å². The third-order valence-electron chi connectivity index (χ3n) is 18.3. The van der Waals surface area contributed by atoms with Crippen LogP contribution in [0.2, 0.25) is 0 Å². The number of nitrogens with one attached hydrogen (secondary N) is 4. The smallest absolute Gasteiger partial charge is 0.336 e. The molecule has 1 saturated heterocycles. The highest BCUT2D eigenvalue weighted by Gasteiger charge is 2.46. The average Bonchev–Trinajstić information content (AvgIpc) is 1.68. The van der Waals surface area contributed by atoms with Gasteiger partial charge in [-0.2, -0.15) is 0 Å². The van der Waals surface area contributed by atoms with Crippen LogP contribution in [0.1, 0.15) is 156 Å². The second-order valence-electron chi connectivity index (χ2n) is 29.2. The highest BCUT2D eigenvalue weighted by Crippen LogP contribution is 2.27. The van der Waals surface area contributed by atoms with Gasteiger partial charge < -0.3 is 69.5 Å². The maximum absolute atomic E-state index is 15.1. The zero-order valence-corrected chi connectivity index (χ0v) is 63.3. The van der Waals surface area contributed by atoms with Crippen molar-refractivity contribution < 1.29 is 66.7 Å². The summed E-state index contributed by atoms with van der Waals surface area (Å²) in [6, 6.07) is -3.64. The Balaban J connectivity index is 0.00000158. The molecule has 12 atom stereocenters. The molecule has 0 bridgehead atoms. The Hall–Kier alpha value is -8.16. The molecule has 1 aliphatic rings. The molecule has 3 heterocycles. The largest absolute Gasteiger partial charge is 0.464 e. The fourth-order valence-corrected chi connectivity index (χ4v) is 12.2. The molecule has 0 radical (unpaired) electrons. The number of rotatable bonds is 15. The molecule has 99 heavy (non-hydrogen) atoms. The summed E-state index contributed by atoms with van der Waals surface area (Å²) in [5, 5.41) is 25.0. The van der Waals surface area contributed by atoms with E-state index in [1.807, 2.05) is 73.6 Å². The minimum absolute atomic E-state index is 0.0229. The van der Waals surface area contributed by atoms with Crippen LogP contribution in [-0.2, 0) is 52.7 Å². The lowest BCUT2D eigenvalue weighted by atomic mass is 9.91. The van der Waals surface area contributed by atoms with Crippen molar-refractivity contribution in [3.63, 3.8) is 0 Å². The van der Waals surface area contributed by atoms with Crippen LogP contribution in [0.3, 0.4) is 0 Å². The first kappa shape index (κ1) is 85.1. The van der Waals surface area contributed by atoms with Crippen LogP contribution in [0, 0.1) is 41.4 Å². The predicted octanol–water partition coefficient (Wildman–Crippen LogP) is 5.81. The molecule has 26 nitrogen and oxygen atoms in total. The molecule has 0 spiro atoms. The minimum atomic E-state index is -1.61. The second kappa shape index (κ2) is 38.4. The standard InChI is InChI=1S/C62H111N11O12.C11H6O3/c1-25-27-28-40(15)52(75)51-56(79)65-43(26-2)58(81)67(18)33-48(74)68(19)44(29-34(3)4)55(78)66-49(38(11)12)61(84)69(20)45(30-35(5)6)54(77)63-41(16)53(76)64-42(17)57(80)70(21)46(31-36(7)8)59(82)71(22)47(32-37(9)10)60(83)72(23)50(39(13)14)62(85)73(51)24;12-11-2-1-7-5-8-3-4-13-9(8)6-10(7)14-11/h25,27,34-47,49-52,75H,26,28-33H2,1-24H3,(H,63,77)(H,64,76)(H,65,79)(H,66,78);1-6H/b27-25+;/t40-,41+,42-,43+,44+,45+,46+,47+,49+,50+,51+,52-;/m1./s1. The highest BCUT2D eigenvalue weighted by molar-refractivity contribution is 6.00. The van der Waals surface area contributed by atoms with Gasteiger partial charge in [-0.25, -0.2) is 4.79 Å². The molecule has 0 saturated carbocycles. The normalized spacial score (nSPS) is 24.7. The van der Waals surface area contributed by atoms with Crippen LogP contribution in [0.5, 0.6) is 0 Å². The number of aliphatic hydroxyl groups is 1. The molecule has 4 rings (SSSR count). The zero-order chi connectivity index (χ0) is 75.5. The number of hydrogen-bond donors (Lipinski definition) is 5. The van der Waals surface area contributed by atoms with Crippen molar-refractivity contribution >= 4 is 86.9 Å². The Bertz CT molecular complexity index is 3360. The third-order valence-corrected chi connectivity index (χ3v) is 18.3. The number of carbonyl (C=O) groups excluding carboxylic acids is 11. The van der Waals surface area contributed by atoms with Crippen molar-refractivity contribution in [2.45, 2.75) is 223 Å². The summed E-state index contributed by atoms with van der Waals surface area (Å²) in [5.74, 6) is -9.71. The SMILES string of the molecule is C/C=C/C[C@@H](C)[C@@H](O)[C@H]1C(=O)N[C@@H](CC)C(=O)N(C)CC(=O)N(C)[C@@H](CC(C)C)C(=O)N[C@@H](C(C)C)C(=O)N(C)[C@@H](CC(C)C)C(=O)N[C@@H](C)C(=O)N[C@H](C)C(=O)N(C)[C@@H](CC(C)C)C(=O)N(C)[C@@H](CC(C)C)C(=O)N(C)[C@@H](C(C)C)C(=O)N1C.O=c1ccc2cc3ccoc3cc2o1. The number of nitrogens with zero attached hydrogens (tertiary/aromatic N) is 7. The minimum Gasteiger partial charge on any atom is -0.464 e. The number of allylic oxidation sites excluding steroid dienone is 2. The number of carbonyl (C=O) groups is 11. The van der Waals surface area contributed by atoms with E-state index in [0.717, 1.165) is 26.2 Å². The van der Waals surface area contributed by atoms with Gasteiger partial charge in [0.05, 0.1) is 18.9 Å². The Labute approximate surface area is 586 Å². The molecule has 554 valence electrons. The van der Waals surface area contributed by atoms with Crippen LogP contribution in [0.15, 0.2) is 62.4 Å². The van der Waals surface area contributed by atoms with Gasteiger partial charge in [-0.1, -0.05) is 109 Å². The van der Waals surface area contributed by atoms with Crippen molar-refractivity contribution in [1.29, 1.82) is 0 Å². The van der Waals surface area contributed by atoms with Crippen LogP contribution >= 0.6 is 0 Å². The molecule has 1 aliphatic heterocycles. The van der Waals surface area contributed by atoms with Gasteiger partial charge in [0.1, 0.15) is 71.6 Å². The lowest BCUT2D eigenvalue weighted by molar-refractivity contribution is -0.157. The molecule has 1 fully saturated rings. The summed E-state index contributed by atoms with van der Waals surface area (Å²) < 4.78 is 10.2. The summed E-state index contributed by atoms with van der Waals surface area (Å²) in [5.41, 5.74) is 0.940. The summed E-state index contributed by atoms with van der Waals surface area (Å²) in [7, 11) is 9.92. The topological polar surface area (TPSA) is 322 Å². The van der Waals surface area contributed by atoms with Crippen LogP contribution in [-0.4, -0.2) is 227 Å². The summed E-state index contributed by atoms with van der Waals surface area (Å²) in [4.78, 5) is 179. The van der Waals surface area contributed by atoms with Gasteiger partial charge in [0, 0.05) is 72.2 Å². The summed E-state index contributed by atoms with van der Waals surface area (Å²) in [6.45, 7) is 29.3.